The molecule has 210 valence electrons. The van der Waals surface area contributed by atoms with E-state index >= 15 is 0 Å². The number of oxime groups is 1. The molecule has 0 saturated heterocycles. The molecule has 0 atom stereocenters. The third-order valence-corrected chi connectivity index (χ3v) is 5.54. The Labute approximate surface area is 230 Å². The molecule has 40 heavy (non-hydrogen) atoms. The number of para-hydroxylation sites is 1. The highest BCUT2D eigenvalue weighted by atomic mass is 19.4. The number of carbonyl (C=O) groups excluding carboxylic acids is 1. The third kappa shape index (κ3) is 7.92. The van der Waals surface area contributed by atoms with Crippen molar-refractivity contribution < 1.29 is 32.3 Å². The van der Waals surface area contributed by atoms with Gasteiger partial charge in [-0.15, -0.1) is 0 Å². The Kier molecular flexibility index (Phi) is 10.4. The van der Waals surface area contributed by atoms with Gasteiger partial charge in [-0.1, -0.05) is 36.3 Å². The van der Waals surface area contributed by atoms with Crippen LogP contribution in [0.5, 0.6) is 11.5 Å². The molecular weight excluding hydrogens is 525 g/mol. The number of anilines is 1. The quantitative estimate of drug-likeness (QED) is 0.194. The summed E-state index contributed by atoms with van der Waals surface area (Å²) in [7, 11) is 2.89. The van der Waals surface area contributed by atoms with Crippen molar-refractivity contribution in [3.05, 3.63) is 89.5 Å². The maximum absolute atomic E-state index is 13.0. The lowest BCUT2D eigenvalue weighted by Gasteiger charge is -2.17. The van der Waals surface area contributed by atoms with E-state index in [1.165, 1.54) is 30.4 Å². The van der Waals surface area contributed by atoms with Gasteiger partial charge in [0, 0.05) is 18.2 Å². The second kappa shape index (κ2) is 13.9. The zero-order valence-corrected chi connectivity index (χ0v) is 22.5. The standard InChI is InChI=1S/C29H29F3N4O4/c1-5-25(34-33-19-21-10-7-8-13-26(21)36(3)28(37)38-4)27(35-39-6-2)20-14-16-23(17-15-20)40-24-12-9-11-22(18-24)29(30,31)32/h7-19H,5-6H2,1-4H3/b33-19+,34-25+,35-27-. The van der Waals surface area contributed by atoms with Gasteiger partial charge >= 0.3 is 12.3 Å². The van der Waals surface area contributed by atoms with Crippen molar-refractivity contribution in [1.82, 2.24) is 0 Å². The SMILES string of the molecule is CCO\N=C(/C(CC)=N/N=C/c1ccccc1N(C)C(=O)OC)c1ccc(Oc2cccc(C(F)(F)F)c2)cc1. The minimum atomic E-state index is -4.47. The molecule has 3 aromatic rings. The van der Waals surface area contributed by atoms with Crippen LogP contribution in [0.25, 0.3) is 0 Å². The van der Waals surface area contributed by atoms with E-state index in [0.717, 1.165) is 12.1 Å². The van der Waals surface area contributed by atoms with Crippen molar-refractivity contribution >= 4 is 29.4 Å². The number of methoxy groups -OCH3 is 1. The minimum Gasteiger partial charge on any atom is -0.457 e. The Bertz CT molecular complexity index is 1390. The van der Waals surface area contributed by atoms with Gasteiger partial charge in [-0.25, -0.2) is 4.79 Å². The molecule has 0 aromatic heterocycles. The van der Waals surface area contributed by atoms with Crippen molar-refractivity contribution in [3.8, 4) is 11.5 Å². The number of benzene rings is 3. The molecular formula is C29H29F3N4O4. The Morgan fingerprint density at radius 1 is 0.975 bits per heavy atom. The fraction of sp³-hybridized carbons (Fsp3) is 0.241. The summed E-state index contributed by atoms with van der Waals surface area (Å²) < 4.78 is 49.5. The first-order valence-corrected chi connectivity index (χ1v) is 12.3. The van der Waals surface area contributed by atoms with E-state index in [0.29, 0.717) is 47.0 Å². The van der Waals surface area contributed by atoms with E-state index in [1.807, 2.05) is 13.0 Å². The number of nitrogens with zero attached hydrogens (tertiary/aromatic N) is 4. The maximum atomic E-state index is 13.0. The highest BCUT2D eigenvalue weighted by molar-refractivity contribution is 6.48. The largest absolute Gasteiger partial charge is 0.457 e. The Balaban J connectivity index is 1.85. The van der Waals surface area contributed by atoms with Crippen LogP contribution in [0.1, 0.15) is 37.0 Å². The summed E-state index contributed by atoms with van der Waals surface area (Å²) in [5, 5.41) is 12.8. The molecule has 8 nitrogen and oxygen atoms in total. The summed E-state index contributed by atoms with van der Waals surface area (Å²) in [6.07, 6.45) is -3.00. The number of rotatable bonds is 10. The van der Waals surface area contributed by atoms with Gasteiger partial charge in [0.15, 0.2) is 0 Å². The van der Waals surface area contributed by atoms with Crippen LogP contribution >= 0.6 is 0 Å². The number of hydrogen-bond donors (Lipinski definition) is 0. The van der Waals surface area contributed by atoms with Gasteiger partial charge in [-0.2, -0.15) is 23.4 Å². The molecule has 0 N–H and O–H groups in total. The van der Waals surface area contributed by atoms with E-state index in [2.05, 4.69) is 15.4 Å². The van der Waals surface area contributed by atoms with E-state index in [9.17, 15) is 18.0 Å². The van der Waals surface area contributed by atoms with Crippen molar-refractivity contribution in [1.29, 1.82) is 0 Å². The van der Waals surface area contributed by atoms with Crippen LogP contribution in [0.3, 0.4) is 0 Å². The smallest absolute Gasteiger partial charge is 0.416 e. The van der Waals surface area contributed by atoms with Crippen LogP contribution in [0.2, 0.25) is 0 Å². The second-order valence-electron chi connectivity index (χ2n) is 8.24. The van der Waals surface area contributed by atoms with Crippen molar-refractivity contribution in [2.45, 2.75) is 26.4 Å². The average Bonchev–Trinajstić information content (AvgIpc) is 2.96. The summed E-state index contributed by atoms with van der Waals surface area (Å²) in [6.45, 7) is 4.01. The molecule has 0 fully saturated rings. The fourth-order valence-corrected chi connectivity index (χ4v) is 3.54. The number of ether oxygens (including phenoxy) is 2. The summed E-state index contributed by atoms with van der Waals surface area (Å²) >= 11 is 0. The number of hydrogen-bond acceptors (Lipinski definition) is 7. The third-order valence-electron chi connectivity index (χ3n) is 5.54. The molecule has 0 radical (unpaired) electrons. The molecule has 0 aliphatic carbocycles. The molecule has 1 amide bonds. The first-order chi connectivity index (χ1) is 19.2. The summed E-state index contributed by atoms with van der Waals surface area (Å²) in [4.78, 5) is 18.6. The predicted molar refractivity (Wildman–Crippen MR) is 149 cm³/mol. The first kappa shape index (κ1) is 29.9. The Morgan fingerprint density at radius 2 is 1.70 bits per heavy atom. The van der Waals surface area contributed by atoms with Crippen LogP contribution < -0.4 is 9.64 Å². The topological polar surface area (TPSA) is 85.1 Å². The van der Waals surface area contributed by atoms with Gasteiger partial charge in [-0.3, -0.25) is 4.90 Å². The molecule has 3 aromatic carbocycles. The number of halogens is 3. The monoisotopic (exact) mass is 554 g/mol. The van der Waals surface area contributed by atoms with Gasteiger partial charge < -0.3 is 14.3 Å². The number of alkyl halides is 3. The van der Waals surface area contributed by atoms with Crippen LogP contribution in [-0.2, 0) is 15.8 Å². The Morgan fingerprint density at radius 3 is 2.35 bits per heavy atom. The lowest BCUT2D eigenvalue weighted by Crippen LogP contribution is -2.26. The van der Waals surface area contributed by atoms with Gasteiger partial charge in [0.05, 0.1) is 30.3 Å². The molecule has 0 heterocycles. The average molecular weight is 555 g/mol. The van der Waals surface area contributed by atoms with Crippen LogP contribution in [0.15, 0.2) is 88.2 Å². The minimum absolute atomic E-state index is 0.0639. The second-order valence-corrected chi connectivity index (χ2v) is 8.24. The summed E-state index contributed by atoms with van der Waals surface area (Å²) in [5.74, 6) is 0.409. The van der Waals surface area contributed by atoms with Crippen molar-refractivity contribution in [2.24, 2.45) is 15.4 Å². The molecule has 11 heteroatoms. The molecule has 0 saturated carbocycles. The maximum Gasteiger partial charge on any atom is 0.416 e. The summed E-state index contributed by atoms with van der Waals surface area (Å²) in [5.41, 5.74) is 2.05. The number of carbonyl (C=O) groups is 1. The normalized spacial score (nSPS) is 12.4. The molecule has 0 aliphatic rings. The molecule has 0 spiro atoms. The number of amides is 1. The van der Waals surface area contributed by atoms with E-state index in [-0.39, 0.29) is 5.75 Å². The van der Waals surface area contributed by atoms with Crippen LogP contribution in [0.4, 0.5) is 23.7 Å². The lowest BCUT2D eigenvalue weighted by molar-refractivity contribution is -0.137. The lowest BCUT2D eigenvalue weighted by atomic mass is 10.0. The highest BCUT2D eigenvalue weighted by Crippen LogP contribution is 2.32. The molecule has 0 unspecified atom stereocenters. The molecule has 0 aliphatic heterocycles. The first-order valence-electron chi connectivity index (χ1n) is 12.3. The summed E-state index contributed by atoms with van der Waals surface area (Å²) in [6, 6.07) is 18.5. The molecule has 3 rings (SSSR count). The molecule has 0 bridgehead atoms. The van der Waals surface area contributed by atoms with E-state index in [4.69, 9.17) is 14.3 Å². The fourth-order valence-electron chi connectivity index (χ4n) is 3.54. The predicted octanol–water partition coefficient (Wildman–Crippen LogP) is 7.33. The van der Waals surface area contributed by atoms with Crippen LogP contribution in [-0.4, -0.2) is 44.5 Å². The van der Waals surface area contributed by atoms with Crippen molar-refractivity contribution in [2.75, 3.05) is 25.7 Å². The van der Waals surface area contributed by atoms with Gasteiger partial charge in [0.1, 0.15) is 23.8 Å². The van der Waals surface area contributed by atoms with E-state index < -0.39 is 17.8 Å². The van der Waals surface area contributed by atoms with Crippen LogP contribution in [0, 0.1) is 0 Å². The van der Waals surface area contributed by atoms with Gasteiger partial charge in [-0.05, 0) is 61.9 Å². The van der Waals surface area contributed by atoms with Gasteiger partial charge in [0.2, 0.25) is 0 Å². The van der Waals surface area contributed by atoms with Crippen molar-refractivity contribution in [3.63, 3.8) is 0 Å². The highest BCUT2D eigenvalue weighted by Gasteiger charge is 2.30. The zero-order chi connectivity index (χ0) is 29.1. The van der Waals surface area contributed by atoms with Gasteiger partial charge in [0.25, 0.3) is 0 Å². The zero-order valence-electron chi connectivity index (χ0n) is 22.5. The Hall–Kier alpha value is -4.67. The van der Waals surface area contributed by atoms with E-state index in [1.54, 1.807) is 56.4 Å².